The van der Waals surface area contributed by atoms with E-state index in [-0.39, 0.29) is 16.7 Å². The van der Waals surface area contributed by atoms with E-state index in [4.69, 9.17) is 0 Å². The molecule has 4 rings (SSSR count). The maximum atomic E-state index is 13.0. The molecule has 2 heterocycles. The predicted molar refractivity (Wildman–Crippen MR) is 88.2 cm³/mol. The molecule has 150 valence electrons. The van der Waals surface area contributed by atoms with Crippen LogP contribution in [0, 0.1) is 0 Å². The first-order chi connectivity index (χ1) is 13.5. The van der Waals surface area contributed by atoms with E-state index in [1.807, 2.05) is 0 Å². The average molecular weight is 430 g/mol. The normalized spacial score (nSPS) is 18.6. The van der Waals surface area contributed by atoms with Gasteiger partial charge in [0.2, 0.25) is 5.12 Å². The Balaban J connectivity index is 1.45. The molecule has 5 nitrogen and oxygen atoms in total. The fourth-order valence-electron chi connectivity index (χ4n) is 2.65. The molecule has 12 heteroatoms. The Kier molecular flexibility index (Phi) is 4.12. The van der Waals surface area contributed by atoms with E-state index < -0.39 is 28.8 Å². The lowest BCUT2D eigenvalue weighted by Crippen LogP contribution is -2.30. The lowest BCUT2D eigenvalue weighted by molar-refractivity contribution is -0.166. The van der Waals surface area contributed by atoms with Gasteiger partial charge in [-0.05, 0) is 23.9 Å². The van der Waals surface area contributed by atoms with E-state index in [2.05, 4.69) is 20.5 Å². The Bertz CT molecular complexity index is 1020. The summed E-state index contributed by atoms with van der Waals surface area (Å²) in [4.78, 5) is 12.7. The van der Waals surface area contributed by atoms with E-state index in [0.717, 1.165) is 23.9 Å². The summed E-state index contributed by atoms with van der Waals surface area (Å²) < 4.78 is 77.9. The minimum atomic E-state index is -4.66. The Morgan fingerprint density at radius 2 is 1.07 bits per heavy atom. The molecular weight excluding hydrogens is 422 g/mol. The maximum Gasteiger partial charge on any atom is 0.442 e. The van der Waals surface area contributed by atoms with Gasteiger partial charge in [-0.25, -0.2) is 0 Å². The molecule has 0 fully saturated rings. The van der Waals surface area contributed by atoms with Gasteiger partial charge in [-0.15, -0.1) is 20.5 Å². The summed E-state index contributed by atoms with van der Waals surface area (Å²) in [6.07, 6.45) is -9.31. The Morgan fingerprint density at radius 1 is 0.690 bits per heavy atom. The van der Waals surface area contributed by atoms with Crippen LogP contribution in [0.3, 0.4) is 0 Å². The number of carbonyl (C=O) groups excluding carboxylic acids is 1. The summed E-state index contributed by atoms with van der Waals surface area (Å²) in [6.45, 7) is 0. The van der Waals surface area contributed by atoms with Crippen LogP contribution in [0.25, 0.3) is 0 Å². The zero-order valence-electron chi connectivity index (χ0n) is 14.0. The smallest absolute Gasteiger partial charge is 0.281 e. The third kappa shape index (κ3) is 3.20. The van der Waals surface area contributed by atoms with Crippen LogP contribution in [0.15, 0.2) is 73.9 Å². The van der Waals surface area contributed by atoms with Gasteiger partial charge < -0.3 is 0 Å². The summed E-state index contributed by atoms with van der Waals surface area (Å²) in [5.41, 5.74) is -5.35. The van der Waals surface area contributed by atoms with Gasteiger partial charge in [-0.2, -0.15) is 26.3 Å². The fraction of sp³-hybridized carbons (Fsp3) is 0.235. The number of rotatable bonds is 4. The number of hydrogen-bond acceptors (Lipinski definition) is 6. The van der Waals surface area contributed by atoms with Crippen molar-refractivity contribution in [2.75, 3.05) is 0 Å². The highest BCUT2D eigenvalue weighted by molar-refractivity contribution is 8.14. The van der Waals surface area contributed by atoms with E-state index in [1.54, 1.807) is 0 Å². The van der Waals surface area contributed by atoms with Gasteiger partial charge in [0, 0.05) is 21.6 Å². The Hall–Kier alpha value is -2.76. The molecule has 2 aromatic rings. The highest BCUT2D eigenvalue weighted by atomic mass is 32.2. The van der Waals surface area contributed by atoms with Crippen LogP contribution >= 0.6 is 11.8 Å². The van der Waals surface area contributed by atoms with Crippen LogP contribution in [0.4, 0.5) is 26.3 Å². The van der Waals surface area contributed by atoms with Crippen molar-refractivity contribution in [3.63, 3.8) is 0 Å². The lowest BCUT2D eigenvalue weighted by Gasteiger charge is -2.15. The number of thioether (sulfide) groups is 1. The van der Waals surface area contributed by atoms with Gasteiger partial charge in [0.1, 0.15) is 0 Å². The molecule has 2 aliphatic rings. The molecule has 0 spiro atoms. The van der Waals surface area contributed by atoms with Crippen molar-refractivity contribution >= 4 is 16.9 Å². The molecule has 0 saturated carbocycles. The molecular formula is C17H8F6N4OS. The Morgan fingerprint density at radius 3 is 1.41 bits per heavy atom. The van der Waals surface area contributed by atoms with Crippen LogP contribution in [0.1, 0.15) is 21.5 Å². The fourth-order valence-corrected chi connectivity index (χ4v) is 3.39. The van der Waals surface area contributed by atoms with Crippen LogP contribution in [-0.2, 0) is 11.3 Å². The van der Waals surface area contributed by atoms with Crippen LogP contribution in [-0.4, -0.2) is 17.5 Å². The minimum absolute atomic E-state index is 0.125. The maximum absolute atomic E-state index is 13.0. The number of alkyl halides is 6. The first kappa shape index (κ1) is 19.6. The highest BCUT2D eigenvalue weighted by Crippen LogP contribution is 2.53. The lowest BCUT2D eigenvalue weighted by atomic mass is 10.0. The molecule has 29 heavy (non-hydrogen) atoms. The Labute approximate surface area is 162 Å². The molecule has 2 aliphatic heterocycles. The summed E-state index contributed by atoms with van der Waals surface area (Å²) in [7, 11) is 0. The first-order valence-electron chi connectivity index (χ1n) is 7.93. The molecule has 0 bridgehead atoms. The van der Waals surface area contributed by atoms with Crippen molar-refractivity contribution in [3.05, 3.63) is 65.2 Å². The van der Waals surface area contributed by atoms with Crippen molar-refractivity contribution in [2.45, 2.75) is 28.6 Å². The van der Waals surface area contributed by atoms with Gasteiger partial charge in [0.05, 0.1) is 0 Å². The van der Waals surface area contributed by atoms with E-state index in [0.29, 0.717) is 4.90 Å². The quantitative estimate of drug-likeness (QED) is 0.442. The number of carbonyl (C=O) groups is 1. The topological polar surface area (TPSA) is 66.5 Å². The van der Waals surface area contributed by atoms with Gasteiger partial charge >= 0.3 is 23.7 Å². The molecule has 0 atom stereocenters. The monoisotopic (exact) mass is 430 g/mol. The van der Waals surface area contributed by atoms with Crippen molar-refractivity contribution in [2.24, 2.45) is 20.5 Å². The summed E-state index contributed by atoms with van der Waals surface area (Å²) in [5.74, 6) is 0. The predicted octanol–water partition coefficient (Wildman–Crippen LogP) is 5.98. The van der Waals surface area contributed by atoms with Crippen molar-refractivity contribution in [1.29, 1.82) is 0 Å². The summed E-state index contributed by atoms with van der Waals surface area (Å²) >= 11 is 0.728. The first-order valence-corrected chi connectivity index (χ1v) is 8.75. The molecule has 0 radical (unpaired) electrons. The van der Waals surface area contributed by atoms with E-state index in [1.165, 1.54) is 36.4 Å². The molecule has 0 aromatic heterocycles. The van der Waals surface area contributed by atoms with Gasteiger partial charge in [-0.3, -0.25) is 4.79 Å². The zero-order valence-corrected chi connectivity index (χ0v) is 14.8. The highest BCUT2D eigenvalue weighted by Gasteiger charge is 2.65. The minimum Gasteiger partial charge on any atom is -0.281 e. The van der Waals surface area contributed by atoms with Crippen molar-refractivity contribution in [3.8, 4) is 0 Å². The van der Waals surface area contributed by atoms with E-state index in [9.17, 15) is 31.1 Å². The van der Waals surface area contributed by atoms with Gasteiger partial charge in [0.25, 0.3) is 0 Å². The summed E-state index contributed by atoms with van der Waals surface area (Å²) in [5, 5.41) is 11.9. The second-order valence-electron chi connectivity index (χ2n) is 6.23. The second-order valence-corrected chi connectivity index (χ2v) is 7.28. The molecule has 0 N–H and O–H groups in total. The van der Waals surface area contributed by atoms with Gasteiger partial charge in [-0.1, -0.05) is 36.4 Å². The molecule has 0 saturated heterocycles. The number of benzene rings is 2. The van der Waals surface area contributed by atoms with E-state index >= 15 is 0 Å². The van der Waals surface area contributed by atoms with Crippen LogP contribution in [0.5, 0.6) is 0 Å². The van der Waals surface area contributed by atoms with Crippen LogP contribution < -0.4 is 0 Å². The SMILES string of the molecule is O=C(Sc1ccc(C2(C(F)(F)F)N=N2)cc1)c1ccc(C2(C(F)(F)F)N=N2)cc1. The second kappa shape index (κ2) is 6.12. The standard InChI is InChI=1S/C17H8F6N4OS/c18-16(19,20)14(24-25-14)10-3-1-9(2-4-10)13(28)29-12-7-5-11(6-8-12)15(26-27-15)17(21,22)23/h1-8H. The summed E-state index contributed by atoms with van der Waals surface area (Å²) in [6, 6.07) is 9.67. The van der Waals surface area contributed by atoms with Crippen LogP contribution in [0.2, 0.25) is 0 Å². The molecule has 2 aromatic carbocycles. The molecule has 0 unspecified atom stereocenters. The third-order valence-electron chi connectivity index (χ3n) is 4.38. The third-order valence-corrected chi connectivity index (χ3v) is 5.31. The van der Waals surface area contributed by atoms with Gasteiger partial charge in [0.15, 0.2) is 0 Å². The molecule has 0 amide bonds. The average Bonchev–Trinajstić information content (AvgIpc) is 3.54. The number of hydrogen-bond donors (Lipinski definition) is 0. The van der Waals surface area contributed by atoms with Crippen molar-refractivity contribution < 1.29 is 31.1 Å². The molecule has 0 aliphatic carbocycles. The largest absolute Gasteiger partial charge is 0.442 e. The number of halogens is 6. The number of nitrogens with zero attached hydrogens (tertiary/aromatic N) is 4. The zero-order chi connectivity index (χ0) is 21.1. The van der Waals surface area contributed by atoms with Crippen molar-refractivity contribution in [1.82, 2.24) is 0 Å².